The molecule has 0 aliphatic carbocycles. The maximum absolute atomic E-state index is 6.12. The predicted octanol–water partition coefficient (Wildman–Crippen LogP) is 4.88. The number of rotatable bonds is 3. The minimum absolute atomic E-state index is 0.444. The summed E-state index contributed by atoms with van der Waals surface area (Å²) in [5.41, 5.74) is 2.11. The van der Waals surface area contributed by atoms with Crippen LogP contribution in [0.4, 0.5) is 0 Å². The highest BCUT2D eigenvalue weighted by Crippen LogP contribution is 2.22. The molecule has 0 aliphatic rings. The molecule has 1 nitrogen and oxygen atoms in total. The molecule has 2 aromatic carbocycles. The van der Waals surface area contributed by atoms with Gasteiger partial charge in [-0.05, 0) is 36.8 Å². The van der Waals surface area contributed by atoms with Crippen molar-refractivity contribution >= 4 is 23.2 Å². The van der Waals surface area contributed by atoms with E-state index in [2.05, 4.69) is 0 Å². The summed E-state index contributed by atoms with van der Waals surface area (Å²) >= 11 is 12.0. The molecule has 0 aromatic heterocycles. The Morgan fingerprint density at radius 1 is 1.06 bits per heavy atom. The fourth-order valence-electron chi connectivity index (χ4n) is 1.49. The lowest BCUT2D eigenvalue weighted by atomic mass is 10.2. The van der Waals surface area contributed by atoms with Crippen molar-refractivity contribution in [3.63, 3.8) is 0 Å². The molecule has 0 saturated carbocycles. The molecule has 0 spiro atoms. The van der Waals surface area contributed by atoms with Gasteiger partial charge >= 0.3 is 0 Å². The molecule has 88 valence electrons. The van der Waals surface area contributed by atoms with E-state index in [1.54, 1.807) is 6.07 Å². The lowest BCUT2D eigenvalue weighted by Gasteiger charge is -2.08. The smallest absolute Gasteiger partial charge is 0.121 e. The van der Waals surface area contributed by atoms with Crippen LogP contribution >= 0.6 is 23.2 Å². The van der Waals surface area contributed by atoms with E-state index < -0.39 is 0 Å². The van der Waals surface area contributed by atoms with Gasteiger partial charge in [0, 0.05) is 15.6 Å². The third-order valence-corrected chi connectivity index (χ3v) is 2.99. The van der Waals surface area contributed by atoms with Crippen molar-refractivity contribution < 1.29 is 4.74 Å². The van der Waals surface area contributed by atoms with Gasteiger partial charge in [0.15, 0.2) is 0 Å². The highest BCUT2D eigenvalue weighted by Gasteiger charge is 2.02. The molecule has 0 unspecified atom stereocenters. The van der Waals surface area contributed by atoms with Gasteiger partial charge in [-0.2, -0.15) is 0 Å². The molecule has 3 heteroatoms. The number of benzene rings is 2. The Kier molecular flexibility index (Phi) is 3.93. The van der Waals surface area contributed by atoms with Crippen molar-refractivity contribution in [2.24, 2.45) is 0 Å². The van der Waals surface area contributed by atoms with E-state index in [1.807, 2.05) is 43.3 Å². The summed E-state index contributed by atoms with van der Waals surface area (Å²) in [5, 5.41) is 1.39. The van der Waals surface area contributed by atoms with Crippen LogP contribution in [-0.2, 0) is 6.61 Å². The highest BCUT2D eigenvalue weighted by atomic mass is 35.5. The lowest BCUT2D eigenvalue weighted by Crippen LogP contribution is -1.96. The van der Waals surface area contributed by atoms with Crippen LogP contribution in [0.1, 0.15) is 11.1 Å². The number of ether oxygens (including phenoxy) is 1. The fraction of sp³-hybridized carbons (Fsp3) is 0.143. The van der Waals surface area contributed by atoms with E-state index in [1.165, 1.54) is 0 Å². The third kappa shape index (κ3) is 3.39. The van der Waals surface area contributed by atoms with Crippen LogP contribution in [-0.4, -0.2) is 0 Å². The van der Waals surface area contributed by atoms with Gasteiger partial charge in [0.05, 0.1) is 0 Å². The molecule has 17 heavy (non-hydrogen) atoms. The van der Waals surface area contributed by atoms with E-state index in [-0.39, 0.29) is 0 Å². The van der Waals surface area contributed by atoms with Crippen LogP contribution in [0.3, 0.4) is 0 Å². The molecule has 2 rings (SSSR count). The van der Waals surface area contributed by atoms with Crippen molar-refractivity contribution in [2.75, 3.05) is 0 Å². The fourth-order valence-corrected chi connectivity index (χ4v) is 1.96. The van der Waals surface area contributed by atoms with Crippen LogP contribution in [0.2, 0.25) is 10.0 Å². The third-order valence-electron chi connectivity index (χ3n) is 2.40. The first kappa shape index (κ1) is 12.3. The zero-order valence-electron chi connectivity index (χ0n) is 9.41. The van der Waals surface area contributed by atoms with Gasteiger partial charge in [0.2, 0.25) is 0 Å². The molecule has 0 radical (unpaired) electrons. The van der Waals surface area contributed by atoms with Crippen molar-refractivity contribution in [3.8, 4) is 5.75 Å². The van der Waals surface area contributed by atoms with Crippen LogP contribution in [0.25, 0.3) is 0 Å². The summed E-state index contributed by atoms with van der Waals surface area (Å²) < 4.78 is 5.62. The van der Waals surface area contributed by atoms with Gasteiger partial charge in [-0.25, -0.2) is 0 Å². The molecule has 0 fully saturated rings. The molecule has 2 aromatic rings. The second-order valence-corrected chi connectivity index (χ2v) is 4.68. The van der Waals surface area contributed by atoms with E-state index in [0.717, 1.165) is 21.9 Å². The molecule has 0 heterocycles. The second-order valence-electron chi connectivity index (χ2n) is 3.84. The van der Waals surface area contributed by atoms with Gasteiger partial charge in [-0.15, -0.1) is 0 Å². The quantitative estimate of drug-likeness (QED) is 0.770. The second kappa shape index (κ2) is 5.44. The minimum Gasteiger partial charge on any atom is -0.489 e. The lowest BCUT2D eigenvalue weighted by molar-refractivity contribution is 0.306. The van der Waals surface area contributed by atoms with E-state index in [0.29, 0.717) is 11.6 Å². The van der Waals surface area contributed by atoms with Gasteiger partial charge in [-0.1, -0.05) is 41.4 Å². The topological polar surface area (TPSA) is 9.23 Å². The molecule has 0 amide bonds. The van der Waals surface area contributed by atoms with Crippen LogP contribution in [0.15, 0.2) is 42.5 Å². The Morgan fingerprint density at radius 2 is 1.88 bits per heavy atom. The molecule has 0 atom stereocenters. The molecule has 0 saturated heterocycles. The Bertz CT molecular complexity index is 523. The summed E-state index contributed by atoms with van der Waals surface area (Å²) in [5.74, 6) is 0.745. The minimum atomic E-state index is 0.444. The Labute approximate surface area is 111 Å². The molecule has 0 bridgehead atoms. The van der Waals surface area contributed by atoms with E-state index in [9.17, 15) is 0 Å². The standard InChI is InChI=1S/C14H12Cl2O/c1-10-5-6-11(14(16)7-10)9-17-13-4-2-3-12(15)8-13/h2-8H,9H2,1H3. The monoisotopic (exact) mass is 266 g/mol. The summed E-state index contributed by atoms with van der Waals surface area (Å²) in [6.45, 7) is 2.45. The summed E-state index contributed by atoms with van der Waals surface area (Å²) in [6, 6.07) is 13.2. The van der Waals surface area contributed by atoms with Gasteiger partial charge < -0.3 is 4.74 Å². The van der Waals surface area contributed by atoms with Crippen molar-refractivity contribution in [3.05, 3.63) is 63.6 Å². The number of hydrogen-bond donors (Lipinski definition) is 0. The largest absolute Gasteiger partial charge is 0.489 e. The first-order valence-electron chi connectivity index (χ1n) is 5.28. The van der Waals surface area contributed by atoms with Crippen LogP contribution in [0, 0.1) is 6.92 Å². The highest BCUT2D eigenvalue weighted by molar-refractivity contribution is 6.31. The molecule has 0 N–H and O–H groups in total. The average molecular weight is 267 g/mol. The van der Waals surface area contributed by atoms with Crippen LogP contribution < -0.4 is 4.74 Å². The van der Waals surface area contributed by atoms with Gasteiger partial charge in [-0.3, -0.25) is 0 Å². The summed E-state index contributed by atoms with van der Waals surface area (Å²) in [7, 11) is 0. The maximum Gasteiger partial charge on any atom is 0.121 e. The van der Waals surface area contributed by atoms with Crippen molar-refractivity contribution in [1.82, 2.24) is 0 Å². The first-order valence-corrected chi connectivity index (χ1v) is 6.04. The Morgan fingerprint density at radius 3 is 2.59 bits per heavy atom. The SMILES string of the molecule is Cc1ccc(COc2cccc(Cl)c2)c(Cl)c1. The summed E-state index contributed by atoms with van der Waals surface area (Å²) in [4.78, 5) is 0. The number of hydrogen-bond acceptors (Lipinski definition) is 1. The average Bonchev–Trinajstić information content (AvgIpc) is 2.28. The zero-order valence-corrected chi connectivity index (χ0v) is 10.9. The van der Waals surface area contributed by atoms with Crippen molar-refractivity contribution in [1.29, 1.82) is 0 Å². The summed E-state index contributed by atoms with van der Waals surface area (Å²) in [6.07, 6.45) is 0. The normalized spacial score (nSPS) is 10.3. The van der Waals surface area contributed by atoms with E-state index >= 15 is 0 Å². The number of aryl methyl sites for hydroxylation is 1. The molecule has 0 aliphatic heterocycles. The zero-order chi connectivity index (χ0) is 12.3. The molecular weight excluding hydrogens is 255 g/mol. The van der Waals surface area contributed by atoms with Crippen LogP contribution in [0.5, 0.6) is 5.75 Å². The van der Waals surface area contributed by atoms with Gasteiger partial charge in [0.25, 0.3) is 0 Å². The van der Waals surface area contributed by atoms with Crippen molar-refractivity contribution in [2.45, 2.75) is 13.5 Å². The molecular formula is C14H12Cl2O. The maximum atomic E-state index is 6.12. The Balaban J connectivity index is 2.07. The Hall–Kier alpha value is -1.18. The van der Waals surface area contributed by atoms with E-state index in [4.69, 9.17) is 27.9 Å². The number of halogens is 2. The van der Waals surface area contributed by atoms with Gasteiger partial charge in [0.1, 0.15) is 12.4 Å². The first-order chi connectivity index (χ1) is 8.15. The predicted molar refractivity (Wildman–Crippen MR) is 72.0 cm³/mol.